The van der Waals surface area contributed by atoms with E-state index < -0.39 is 36.9 Å². The van der Waals surface area contributed by atoms with E-state index in [1.165, 1.54) is 6.92 Å². The van der Waals surface area contributed by atoms with Crippen LogP contribution in [0.2, 0.25) is 0 Å². The molecule has 1 aromatic rings. The molecule has 4 atom stereocenters. The Kier molecular flexibility index (Phi) is 7.03. The fourth-order valence-corrected chi connectivity index (χ4v) is 1.77. The summed E-state index contributed by atoms with van der Waals surface area (Å²) in [6, 6.07) is 4.35. The van der Waals surface area contributed by atoms with Gasteiger partial charge in [0.05, 0.1) is 12.6 Å². The third-order valence-corrected chi connectivity index (χ3v) is 2.90. The van der Waals surface area contributed by atoms with E-state index >= 15 is 0 Å². The second-order valence-corrected chi connectivity index (χ2v) is 4.63. The van der Waals surface area contributed by atoms with Crippen LogP contribution in [0.3, 0.4) is 0 Å². The molecule has 0 radical (unpaired) electrons. The van der Waals surface area contributed by atoms with E-state index in [9.17, 15) is 20.1 Å². The zero-order valence-corrected chi connectivity index (χ0v) is 11.7. The summed E-state index contributed by atoms with van der Waals surface area (Å²) in [5.74, 6) is 0.143. The summed E-state index contributed by atoms with van der Waals surface area (Å²) >= 11 is 0. The number of amides is 1. The number of rotatable bonds is 8. The Hall–Kier alpha value is -1.74. The molecule has 0 fully saturated rings. The van der Waals surface area contributed by atoms with Gasteiger partial charge in [0.15, 0.2) is 0 Å². The molecule has 0 aliphatic heterocycles. The Labute approximate surface area is 122 Å². The topological polar surface area (TPSA) is 135 Å². The monoisotopic (exact) mass is 299 g/mol. The number of hydrogen-bond acceptors (Lipinski definition) is 7. The van der Waals surface area contributed by atoms with Crippen molar-refractivity contribution in [3.8, 4) is 0 Å². The lowest BCUT2D eigenvalue weighted by molar-refractivity contribution is -0.123. The summed E-state index contributed by atoms with van der Waals surface area (Å²) in [4.78, 5) is 15.2. The molecular weight excluding hydrogens is 278 g/mol. The molecule has 8 nitrogen and oxygen atoms in total. The lowest BCUT2D eigenvalue weighted by Crippen LogP contribution is -2.55. The minimum absolute atomic E-state index is 0.0902. The van der Waals surface area contributed by atoms with Crippen LogP contribution in [-0.4, -0.2) is 68.8 Å². The average molecular weight is 299 g/mol. The van der Waals surface area contributed by atoms with Gasteiger partial charge in [-0.15, -0.1) is 0 Å². The first-order valence-electron chi connectivity index (χ1n) is 6.52. The number of nitrogens with zero attached hydrogens (tertiary/aromatic N) is 1. The van der Waals surface area contributed by atoms with Crippen LogP contribution < -0.4 is 10.6 Å². The van der Waals surface area contributed by atoms with Gasteiger partial charge >= 0.3 is 0 Å². The van der Waals surface area contributed by atoms with E-state index in [1.54, 1.807) is 24.4 Å². The maximum atomic E-state index is 11.2. The van der Waals surface area contributed by atoms with Crippen molar-refractivity contribution in [3.63, 3.8) is 0 Å². The zero-order chi connectivity index (χ0) is 15.8. The molecule has 21 heavy (non-hydrogen) atoms. The van der Waals surface area contributed by atoms with Crippen molar-refractivity contribution < 1.29 is 25.2 Å². The maximum Gasteiger partial charge on any atom is 0.217 e. The fraction of sp³-hybridized carbons (Fsp3) is 0.538. The molecule has 0 aromatic carbocycles. The summed E-state index contributed by atoms with van der Waals surface area (Å²) in [6.07, 6.45) is -2.95. The van der Waals surface area contributed by atoms with Crippen molar-refractivity contribution in [3.05, 3.63) is 24.4 Å². The predicted octanol–water partition coefficient (Wildman–Crippen LogP) is -1.93. The molecule has 118 valence electrons. The second-order valence-electron chi connectivity index (χ2n) is 4.63. The number of carbonyl (C=O) groups excluding carboxylic acids is 1. The van der Waals surface area contributed by atoms with Crippen LogP contribution in [0.5, 0.6) is 0 Å². The Morgan fingerprint density at radius 1 is 1.29 bits per heavy atom. The summed E-state index contributed by atoms with van der Waals surface area (Å²) in [5, 5.41) is 43.3. The van der Waals surface area contributed by atoms with Crippen molar-refractivity contribution >= 4 is 11.7 Å². The van der Waals surface area contributed by atoms with Crippen LogP contribution in [0.4, 0.5) is 5.82 Å². The molecular formula is C13H21N3O5. The number of carbonyl (C=O) groups is 1. The molecule has 0 spiro atoms. The summed E-state index contributed by atoms with van der Waals surface area (Å²) in [6.45, 7) is 0.668. The third-order valence-electron chi connectivity index (χ3n) is 2.90. The van der Waals surface area contributed by atoms with E-state index in [1.807, 2.05) is 0 Å². The van der Waals surface area contributed by atoms with E-state index in [0.717, 1.165) is 0 Å². The number of nitrogens with one attached hydrogen (secondary N) is 2. The standard InChI is InChI=1S/C13H21N3O5/c1-8(18)16-9(12(20)13(21)10(19)7-17)6-15-11-4-2-3-5-14-11/h2-5,9-10,12-13,17,19-21H,6-7H2,1H3,(H,14,15)(H,16,18)/t9-,10+,12+,13-/m0/s1. The molecule has 0 bridgehead atoms. The number of aliphatic hydroxyl groups is 4. The van der Waals surface area contributed by atoms with Crippen LogP contribution in [0.25, 0.3) is 0 Å². The lowest BCUT2D eigenvalue weighted by atomic mass is 10.0. The number of anilines is 1. The first-order chi connectivity index (χ1) is 9.95. The first kappa shape index (κ1) is 17.3. The van der Waals surface area contributed by atoms with Crippen molar-refractivity contribution in [2.24, 2.45) is 0 Å². The normalized spacial score (nSPS) is 16.6. The van der Waals surface area contributed by atoms with E-state index in [0.29, 0.717) is 5.82 Å². The number of hydrogen-bond donors (Lipinski definition) is 6. The second kappa shape index (κ2) is 8.53. The van der Waals surface area contributed by atoms with Gasteiger partial charge in [0, 0.05) is 19.7 Å². The SMILES string of the molecule is CC(=O)N[C@@H](CNc1ccccn1)[C@@H](O)[C@@H](O)[C@H](O)CO. The van der Waals surface area contributed by atoms with Gasteiger partial charge in [-0.1, -0.05) is 6.07 Å². The van der Waals surface area contributed by atoms with Crippen LogP contribution >= 0.6 is 0 Å². The van der Waals surface area contributed by atoms with Crippen molar-refractivity contribution in [2.45, 2.75) is 31.3 Å². The molecule has 0 saturated heterocycles. The molecule has 6 N–H and O–H groups in total. The summed E-state index contributed by atoms with van der Waals surface area (Å²) in [7, 11) is 0. The van der Waals surface area contributed by atoms with Crippen molar-refractivity contribution in [2.75, 3.05) is 18.5 Å². The highest BCUT2D eigenvalue weighted by atomic mass is 16.4. The molecule has 0 saturated carbocycles. The molecule has 1 amide bonds. The van der Waals surface area contributed by atoms with Gasteiger partial charge in [-0.05, 0) is 12.1 Å². The Bertz CT molecular complexity index is 431. The molecule has 1 rings (SSSR count). The highest BCUT2D eigenvalue weighted by Crippen LogP contribution is 2.07. The quantitative estimate of drug-likeness (QED) is 0.329. The maximum absolute atomic E-state index is 11.2. The van der Waals surface area contributed by atoms with Gasteiger partial charge < -0.3 is 31.1 Å². The van der Waals surface area contributed by atoms with Crippen molar-refractivity contribution in [1.29, 1.82) is 0 Å². The molecule has 0 unspecified atom stereocenters. The molecule has 1 heterocycles. The average Bonchev–Trinajstić information content (AvgIpc) is 2.49. The van der Waals surface area contributed by atoms with Crippen molar-refractivity contribution in [1.82, 2.24) is 10.3 Å². The summed E-state index contributed by atoms with van der Waals surface area (Å²) < 4.78 is 0. The molecule has 1 aromatic heterocycles. The van der Waals surface area contributed by atoms with E-state index in [-0.39, 0.29) is 6.54 Å². The lowest BCUT2D eigenvalue weighted by Gasteiger charge is -2.29. The minimum Gasteiger partial charge on any atom is -0.394 e. The van der Waals surface area contributed by atoms with Gasteiger partial charge in [0.1, 0.15) is 24.1 Å². The summed E-state index contributed by atoms with van der Waals surface area (Å²) in [5.41, 5.74) is 0. The predicted molar refractivity (Wildman–Crippen MR) is 75.4 cm³/mol. The van der Waals surface area contributed by atoms with Gasteiger partial charge in [-0.25, -0.2) is 4.98 Å². The smallest absolute Gasteiger partial charge is 0.217 e. The van der Waals surface area contributed by atoms with Crippen LogP contribution in [0.1, 0.15) is 6.92 Å². The Balaban J connectivity index is 2.68. The zero-order valence-electron chi connectivity index (χ0n) is 11.7. The van der Waals surface area contributed by atoms with Gasteiger partial charge in [-0.2, -0.15) is 0 Å². The van der Waals surface area contributed by atoms with Gasteiger partial charge in [0.25, 0.3) is 0 Å². The molecule has 0 aliphatic carbocycles. The number of aromatic nitrogens is 1. The highest BCUT2D eigenvalue weighted by molar-refractivity contribution is 5.73. The van der Waals surface area contributed by atoms with Crippen LogP contribution in [0.15, 0.2) is 24.4 Å². The Morgan fingerprint density at radius 3 is 2.52 bits per heavy atom. The van der Waals surface area contributed by atoms with Gasteiger partial charge in [0.2, 0.25) is 5.91 Å². The van der Waals surface area contributed by atoms with E-state index in [4.69, 9.17) is 5.11 Å². The fourth-order valence-electron chi connectivity index (χ4n) is 1.77. The third kappa shape index (κ3) is 5.64. The largest absolute Gasteiger partial charge is 0.394 e. The number of pyridine rings is 1. The number of aliphatic hydroxyl groups excluding tert-OH is 4. The van der Waals surface area contributed by atoms with Crippen LogP contribution in [0, 0.1) is 0 Å². The highest BCUT2D eigenvalue weighted by Gasteiger charge is 2.31. The molecule has 0 aliphatic rings. The van der Waals surface area contributed by atoms with Crippen LogP contribution in [-0.2, 0) is 4.79 Å². The van der Waals surface area contributed by atoms with Gasteiger partial charge in [-0.3, -0.25) is 4.79 Å². The Morgan fingerprint density at radius 2 is 2.00 bits per heavy atom. The first-order valence-corrected chi connectivity index (χ1v) is 6.52. The minimum atomic E-state index is -1.59. The molecule has 8 heteroatoms. The van der Waals surface area contributed by atoms with E-state index in [2.05, 4.69) is 15.6 Å².